The predicted octanol–water partition coefficient (Wildman–Crippen LogP) is 2.48. The third kappa shape index (κ3) is 2.94. The molecule has 0 bridgehead atoms. The molecule has 0 aliphatic carbocycles. The van der Waals surface area contributed by atoms with E-state index < -0.39 is 0 Å². The minimum Gasteiger partial charge on any atom is -0.398 e. The lowest BCUT2D eigenvalue weighted by atomic mass is 10.4. The monoisotopic (exact) mass is 185 g/mol. The molecule has 1 aromatic heterocycles. The van der Waals surface area contributed by atoms with Crippen LogP contribution in [0, 0.1) is 6.92 Å². The van der Waals surface area contributed by atoms with Gasteiger partial charge < -0.3 is 5.73 Å². The van der Waals surface area contributed by atoms with Gasteiger partial charge in [-0.1, -0.05) is 0 Å². The molecule has 0 fully saturated rings. The first kappa shape index (κ1) is 11.8. The lowest BCUT2D eigenvalue weighted by molar-refractivity contribution is 1.63. The van der Waals surface area contributed by atoms with Crippen molar-refractivity contribution >= 4 is 41.8 Å². The van der Waals surface area contributed by atoms with Crippen molar-refractivity contribution in [2.24, 2.45) is 0 Å². The van der Waals surface area contributed by atoms with Crippen LogP contribution >= 0.6 is 36.2 Å². The highest BCUT2D eigenvalue weighted by Crippen LogP contribution is 2.15. The van der Waals surface area contributed by atoms with Crippen LogP contribution in [-0.4, -0.2) is 0 Å². The lowest BCUT2D eigenvalue weighted by Gasteiger charge is -1.81. The van der Waals surface area contributed by atoms with E-state index in [4.69, 9.17) is 5.73 Å². The minimum absolute atomic E-state index is 0. The fraction of sp³-hybridized carbons (Fsp3) is 0.200. The number of anilines is 1. The van der Waals surface area contributed by atoms with Gasteiger partial charge in [0.2, 0.25) is 0 Å². The first-order valence-electron chi connectivity index (χ1n) is 2.10. The average Bonchev–Trinajstić information content (AvgIpc) is 1.91. The Morgan fingerprint density at radius 2 is 2.00 bits per heavy atom. The van der Waals surface area contributed by atoms with E-state index in [1.165, 1.54) is 4.88 Å². The van der Waals surface area contributed by atoms with Crippen LogP contribution in [0.1, 0.15) is 4.88 Å². The van der Waals surface area contributed by atoms with Crippen molar-refractivity contribution in [3.63, 3.8) is 0 Å². The van der Waals surface area contributed by atoms with Crippen molar-refractivity contribution in [3.8, 4) is 0 Å². The van der Waals surface area contributed by atoms with Crippen molar-refractivity contribution in [2.75, 3.05) is 5.73 Å². The molecule has 0 aromatic carbocycles. The molecule has 9 heavy (non-hydrogen) atoms. The molecule has 0 saturated heterocycles. The van der Waals surface area contributed by atoms with Crippen LogP contribution in [-0.2, 0) is 0 Å². The summed E-state index contributed by atoms with van der Waals surface area (Å²) in [6.07, 6.45) is 0. The normalized spacial score (nSPS) is 7.22. The van der Waals surface area contributed by atoms with Crippen molar-refractivity contribution in [2.45, 2.75) is 6.92 Å². The smallest absolute Gasteiger partial charge is 0.0452 e. The van der Waals surface area contributed by atoms with E-state index in [1.807, 2.05) is 18.4 Å². The van der Waals surface area contributed by atoms with Crippen LogP contribution in [0.15, 0.2) is 11.4 Å². The zero-order valence-electron chi connectivity index (χ0n) is 4.96. The summed E-state index contributed by atoms with van der Waals surface area (Å²) in [5, 5.41) is 1.99. The van der Waals surface area contributed by atoms with E-state index in [0.717, 1.165) is 5.69 Å². The molecule has 0 atom stereocenters. The molecule has 0 aliphatic rings. The van der Waals surface area contributed by atoms with Crippen molar-refractivity contribution in [1.29, 1.82) is 0 Å². The summed E-state index contributed by atoms with van der Waals surface area (Å²) in [4.78, 5) is 1.21. The molecule has 0 unspecified atom stereocenters. The summed E-state index contributed by atoms with van der Waals surface area (Å²) in [5.41, 5.74) is 6.36. The zero-order valence-corrected chi connectivity index (χ0v) is 7.41. The number of nitrogen functional groups attached to an aromatic ring is 1. The molecular formula is C5H9Cl2NS. The molecule has 54 valence electrons. The van der Waals surface area contributed by atoms with Crippen LogP contribution in [0.3, 0.4) is 0 Å². The maximum absolute atomic E-state index is 5.45. The zero-order chi connectivity index (χ0) is 5.28. The summed E-state index contributed by atoms with van der Waals surface area (Å²) in [5.74, 6) is 0. The SMILES string of the molecule is Cc1sccc1N.Cl.Cl. The topological polar surface area (TPSA) is 26.0 Å². The standard InChI is InChI=1S/C5H7NS.2ClH/c1-4-5(6)2-3-7-4;;/h2-3H,6H2,1H3;2*1H. The Morgan fingerprint density at radius 3 is 2.11 bits per heavy atom. The third-order valence-corrected chi connectivity index (χ3v) is 1.76. The number of hydrogen-bond donors (Lipinski definition) is 1. The highest BCUT2D eigenvalue weighted by molar-refractivity contribution is 7.10. The van der Waals surface area contributed by atoms with Crippen molar-refractivity contribution in [1.82, 2.24) is 0 Å². The van der Waals surface area contributed by atoms with E-state index in [0.29, 0.717) is 0 Å². The number of hydrogen-bond acceptors (Lipinski definition) is 2. The Kier molecular flexibility index (Phi) is 6.46. The Morgan fingerprint density at radius 1 is 1.44 bits per heavy atom. The van der Waals surface area contributed by atoms with Crippen LogP contribution in [0.25, 0.3) is 0 Å². The summed E-state index contributed by atoms with van der Waals surface area (Å²) in [6.45, 7) is 2.01. The van der Waals surface area contributed by atoms with Gasteiger partial charge in [-0.25, -0.2) is 0 Å². The van der Waals surface area contributed by atoms with Crippen LogP contribution < -0.4 is 5.73 Å². The first-order chi connectivity index (χ1) is 3.30. The van der Waals surface area contributed by atoms with Crippen LogP contribution in [0.5, 0.6) is 0 Å². The number of aryl methyl sites for hydroxylation is 1. The van der Waals surface area contributed by atoms with Gasteiger partial charge in [0.1, 0.15) is 0 Å². The molecular weight excluding hydrogens is 177 g/mol. The van der Waals surface area contributed by atoms with E-state index in [9.17, 15) is 0 Å². The van der Waals surface area contributed by atoms with Gasteiger partial charge in [0.25, 0.3) is 0 Å². The minimum atomic E-state index is 0. The van der Waals surface area contributed by atoms with Gasteiger partial charge in [0, 0.05) is 10.6 Å². The van der Waals surface area contributed by atoms with Gasteiger partial charge >= 0.3 is 0 Å². The van der Waals surface area contributed by atoms with Gasteiger partial charge in [-0.2, -0.15) is 0 Å². The molecule has 0 saturated carbocycles. The fourth-order valence-electron chi connectivity index (χ4n) is 0.395. The molecule has 0 radical (unpaired) electrons. The summed E-state index contributed by atoms with van der Waals surface area (Å²) in [6, 6.07) is 1.92. The molecule has 1 heterocycles. The Labute approximate surface area is 71.1 Å². The van der Waals surface area contributed by atoms with Crippen LogP contribution in [0.2, 0.25) is 0 Å². The van der Waals surface area contributed by atoms with E-state index in [-0.39, 0.29) is 24.8 Å². The van der Waals surface area contributed by atoms with Gasteiger partial charge in [-0.3, -0.25) is 0 Å². The number of nitrogens with two attached hydrogens (primary N) is 1. The second-order valence-corrected chi connectivity index (χ2v) is 2.55. The largest absolute Gasteiger partial charge is 0.398 e. The maximum Gasteiger partial charge on any atom is 0.0452 e. The summed E-state index contributed by atoms with van der Waals surface area (Å²) >= 11 is 1.68. The molecule has 2 N–H and O–H groups in total. The molecule has 1 rings (SSSR count). The first-order valence-corrected chi connectivity index (χ1v) is 2.98. The highest BCUT2D eigenvalue weighted by atomic mass is 35.5. The van der Waals surface area contributed by atoms with Crippen LogP contribution in [0.4, 0.5) is 5.69 Å². The quantitative estimate of drug-likeness (QED) is 0.661. The Hall–Kier alpha value is 0.0800. The second kappa shape index (κ2) is 4.91. The number of halogens is 2. The Bertz CT molecular complexity index is 147. The van der Waals surface area contributed by atoms with E-state index >= 15 is 0 Å². The highest BCUT2D eigenvalue weighted by Gasteiger charge is 1.87. The Balaban J connectivity index is 0. The second-order valence-electron chi connectivity index (χ2n) is 1.43. The van der Waals surface area contributed by atoms with Gasteiger partial charge in [0.05, 0.1) is 0 Å². The van der Waals surface area contributed by atoms with E-state index in [1.54, 1.807) is 11.3 Å². The molecule has 0 aliphatic heterocycles. The summed E-state index contributed by atoms with van der Waals surface area (Å²) < 4.78 is 0. The predicted molar refractivity (Wildman–Crippen MR) is 48.0 cm³/mol. The van der Waals surface area contributed by atoms with Gasteiger partial charge in [0.15, 0.2) is 0 Å². The molecule has 1 aromatic rings. The third-order valence-electron chi connectivity index (χ3n) is 0.899. The lowest BCUT2D eigenvalue weighted by Crippen LogP contribution is -1.79. The van der Waals surface area contributed by atoms with Gasteiger partial charge in [-0.05, 0) is 18.4 Å². The van der Waals surface area contributed by atoms with E-state index in [2.05, 4.69) is 0 Å². The number of rotatable bonds is 0. The van der Waals surface area contributed by atoms with Crippen molar-refractivity contribution < 1.29 is 0 Å². The molecule has 0 amide bonds. The van der Waals surface area contributed by atoms with Crippen molar-refractivity contribution in [3.05, 3.63) is 16.3 Å². The maximum atomic E-state index is 5.45. The summed E-state index contributed by atoms with van der Waals surface area (Å²) in [7, 11) is 0. The molecule has 1 nitrogen and oxygen atoms in total. The number of thiophene rings is 1. The fourth-order valence-corrected chi connectivity index (χ4v) is 1.02. The average molecular weight is 186 g/mol. The molecule has 0 spiro atoms. The molecule has 4 heteroatoms. The van der Waals surface area contributed by atoms with Gasteiger partial charge in [-0.15, -0.1) is 36.2 Å².